The molecule has 0 aliphatic rings. The number of fused-ring (bicyclic) bond motifs is 1. The third-order valence-corrected chi connectivity index (χ3v) is 3.28. The molecule has 5 nitrogen and oxygen atoms in total. The van der Waals surface area contributed by atoms with Crippen LogP contribution in [0.25, 0.3) is 11.1 Å². The van der Waals surface area contributed by atoms with Crippen LogP contribution in [0.3, 0.4) is 0 Å². The Bertz CT molecular complexity index is 591. The monoisotopic (exact) mass is 262 g/mol. The Hall–Kier alpha value is -1.88. The lowest BCUT2D eigenvalue weighted by Crippen LogP contribution is -2.28. The van der Waals surface area contributed by atoms with E-state index in [2.05, 4.69) is 4.98 Å². The first-order valence-corrected chi connectivity index (χ1v) is 6.27. The van der Waals surface area contributed by atoms with Crippen molar-refractivity contribution in [1.29, 1.82) is 0 Å². The molecule has 1 aromatic carbocycles. The maximum atomic E-state index is 11.7. The van der Waals surface area contributed by atoms with Gasteiger partial charge in [0.1, 0.15) is 5.52 Å². The van der Waals surface area contributed by atoms with Crippen LogP contribution >= 0.6 is 0 Å². The molecule has 0 aliphatic carbocycles. The molecule has 1 aromatic heterocycles. The second kappa shape index (κ2) is 5.40. The van der Waals surface area contributed by atoms with Gasteiger partial charge in [0.25, 0.3) is 0 Å². The molecule has 102 valence electrons. The van der Waals surface area contributed by atoms with E-state index in [4.69, 9.17) is 14.9 Å². The number of esters is 1. The number of aryl methyl sites for hydroxylation is 1. The number of nitrogens with two attached hydrogens (primary N) is 1. The van der Waals surface area contributed by atoms with Crippen molar-refractivity contribution < 1.29 is 13.9 Å². The number of hydrogen-bond donors (Lipinski definition) is 1. The minimum absolute atomic E-state index is 0.286. The lowest BCUT2D eigenvalue weighted by atomic mass is 9.91. The Morgan fingerprint density at radius 1 is 1.53 bits per heavy atom. The number of aromatic nitrogens is 1. The van der Waals surface area contributed by atoms with Gasteiger partial charge in [-0.2, -0.15) is 0 Å². The van der Waals surface area contributed by atoms with E-state index in [9.17, 15) is 4.79 Å². The zero-order chi connectivity index (χ0) is 14.0. The number of oxazole rings is 1. The lowest BCUT2D eigenvalue weighted by molar-refractivity contribution is -0.146. The van der Waals surface area contributed by atoms with Gasteiger partial charge in [-0.25, -0.2) is 4.98 Å². The summed E-state index contributed by atoms with van der Waals surface area (Å²) in [4.78, 5) is 16.0. The van der Waals surface area contributed by atoms with Gasteiger partial charge in [0.05, 0.1) is 13.0 Å². The van der Waals surface area contributed by atoms with Crippen molar-refractivity contribution in [3.05, 3.63) is 29.7 Å². The molecule has 0 saturated carbocycles. The van der Waals surface area contributed by atoms with Crippen LogP contribution < -0.4 is 5.73 Å². The molecule has 0 radical (unpaired) electrons. The largest absolute Gasteiger partial charge is 0.469 e. The Morgan fingerprint density at radius 2 is 2.26 bits per heavy atom. The van der Waals surface area contributed by atoms with Crippen molar-refractivity contribution in [3.8, 4) is 0 Å². The molecule has 2 rings (SSSR count). The first-order chi connectivity index (χ1) is 9.06. The predicted octanol–water partition coefficient (Wildman–Crippen LogP) is 2.34. The highest BCUT2D eigenvalue weighted by Gasteiger charge is 2.26. The molecule has 19 heavy (non-hydrogen) atoms. The van der Waals surface area contributed by atoms with Gasteiger partial charge in [-0.05, 0) is 24.1 Å². The van der Waals surface area contributed by atoms with Crippen LogP contribution in [-0.4, -0.2) is 18.1 Å². The minimum Gasteiger partial charge on any atom is -0.469 e. The summed E-state index contributed by atoms with van der Waals surface area (Å²) in [5.41, 5.74) is 8.50. The van der Waals surface area contributed by atoms with Crippen LogP contribution in [0.5, 0.6) is 0 Å². The van der Waals surface area contributed by atoms with E-state index >= 15 is 0 Å². The summed E-state index contributed by atoms with van der Waals surface area (Å²) in [5, 5.41) is 0. The number of benzene rings is 1. The van der Waals surface area contributed by atoms with Gasteiger partial charge < -0.3 is 14.9 Å². The average Bonchev–Trinajstić information content (AvgIpc) is 2.77. The van der Waals surface area contributed by atoms with E-state index in [0.29, 0.717) is 12.3 Å². The molecule has 2 aromatic rings. The summed E-state index contributed by atoms with van der Waals surface area (Å²) in [5.74, 6) is -0.0254. The first kappa shape index (κ1) is 13.5. The minimum atomic E-state index is -0.404. The maximum absolute atomic E-state index is 11.7. The smallest absolute Gasteiger partial charge is 0.310 e. The molecule has 0 amide bonds. The van der Waals surface area contributed by atoms with Crippen molar-refractivity contribution in [3.63, 3.8) is 0 Å². The van der Waals surface area contributed by atoms with Crippen molar-refractivity contribution >= 4 is 17.1 Å². The summed E-state index contributed by atoms with van der Waals surface area (Å²) < 4.78 is 10.2. The zero-order valence-electron chi connectivity index (χ0n) is 11.3. The number of hydrogen-bond acceptors (Lipinski definition) is 5. The fraction of sp³-hybridized carbons (Fsp3) is 0.429. The van der Waals surface area contributed by atoms with E-state index in [1.807, 2.05) is 25.1 Å². The Balaban J connectivity index is 2.34. The molecule has 0 saturated heterocycles. The highest BCUT2D eigenvalue weighted by atomic mass is 16.5. The van der Waals surface area contributed by atoms with Gasteiger partial charge in [-0.15, -0.1) is 0 Å². The highest BCUT2D eigenvalue weighted by Crippen LogP contribution is 2.26. The van der Waals surface area contributed by atoms with Gasteiger partial charge in [0, 0.05) is 13.0 Å². The normalized spacial score (nSPS) is 14.3. The van der Waals surface area contributed by atoms with Gasteiger partial charge >= 0.3 is 5.97 Å². The molecule has 0 bridgehead atoms. The Kier molecular flexibility index (Phi) is 3.85. The fourth-order valence-corrected chi connectivity index (χ4v) is 2.22. The molecule has 1 heterocycles. The SMILES string of the molecule is CCC(C(=O)OC)C(N)c1ccc2oc(C)nc2c1. The molecule has 2 atom stereocenters. The number of ether oxygens (including phenoxy) is 1. The Morgan fingerprint density at radius 3 is 2.89 bits per heavy atom. The third kappa shape index (κ3) is 2.61. The van der Waals surface area contributed by atoms with Crippen LogP contribution in [-0.2, 0) is 9.53 Å². The highest BCUT2D eigenvalue weighted by molar-refractivity contribution is 5.76. The van der Waals surface area contributed by atoms with Crippen molar-refractivity contribution in [2.75, 3.05) is 7.11 Å². The van der Waals surface area contributed by atoms with E-state index in [1.165, 1.54) is 7.11 Å². The number of carbonyl (C=O) groups is 1. The summed E-state index contributed by atoms with van der Waals surface area (Å²) in [6.07, 6.45) is 0.629. The average molecular weight is 262 g/mol. The lowest BCUT2D eigenvalue weighted by Gasteiger charge is -2.20. The van der Waals surface area contributed by atoms with Gasteiger partial charge in [-0.3, -0.25) is 4.79 Å². The first-order valence-electron chi connectivity index (χ1n) is 6.27. The van der Waals surface area contributed by atoms with Crippen molar-refractivity contribution in [1.82, 2.24) is 4.98 Å². The number of methoxy groups -OCH3 is 1. The molecule has 2 unspecified atom stereocenters. The molecule has 0 aliphatic heterocycles. The van der Waals surface area contributed by atoms with Crippen LogP contribution in [0, 0.1) is 12.8 Å². The third-order valence-electron chi connectivity index (χ3n) is 3.28. The van der Waals surface area contributed by atoms with E-state index in [-0.39, 0.29) is 11.9 Å². The molecular weight excluding hydrogens is 244 g/mol. The maximum Gasteiger partial charge on any atom is 0.310 e. The second-order valence-electron chi connectivity index (χ2n) is 4.52. The molecule has 2 N–H and O–H groups in total. The van der Waals surface area contributed by atoms with Gasteiger partial charge in [-0.1, -0.05) is 13.0 Å². The fourth-order valence-electron chi connectivity index (χ4n) is 2.22. The molecule has 5 heteroatoms. The van der Waals surface area contributed by atoms with E-state index in [0.717, 1.165) is 16.7 Å². The molecule has 0 spiro atoms. The summed E-state index contributed by atoms with van der Waals surface area (Å²) >= 11 is 0. The van der Waals surface area contributed by atoms with Gasteiger partial charge in [0.15, 0.2) is 11.5 Å². The van der Waals surface area contributed by atoms with Crippen LogP contribution in [0.1, 0.15) is 30.8 Å². The van der Waals surface area contributed by atoms with Crippen molar-refractivity contribution in [2.45, 2.75) is 26.3 Å². The summed E-state index contributed by atoms with van der Waals surface area (Å²) in [6.45, 7) is 3.71. The number of rotatable bonds is 4. The van der Waals surface area contributed by atoms with E-state index < -0.39 is 6.04 Å². The van der Waals surface area contributed by atoms with Crippen LogP contribution in [0.2, 0.25) is 0 Å². The number of nitrogens with zero attached hydrogens (tertiary/aromatic N) is 1. The molecular formula is C14H18N2O3. The topological polar surface area (TPSA) is 78.4 Å². The van der Waals surface area contributed by atoms with Gasteiger partial charge in [0.2, 0.25) is 0 Å². The Labute approximate surface area is 111 Å². The quantitative estimate of drug-likeness (QED) is 0.855. The summed E-state index contributed by atoms with van der Waals surface area (Å²) in [7, 11) is 1.38. The van der Waals surface area contributed by atoms with Crippen molar-refractivity contribution in [2.24, 2.45) is 11.7 Å². The van der Waals surface area contributed by atoms with Crippen LogP contribution in [0.15, 0.2) is 22.6 Å². The van der Waals surface area contributed by atoms with E-state index in [1.54, 1.807) is 6.92 Å². The standard InChI is InChI=1S/C14H18N2O3/c1-4-10(14(17)18-3)13(15)9-5-6-12-11(7-9)16-8(2)19-12/h5-7,10,13H,4,15H2,1-3H3. The number of carbonyl (C=O) groups excluding carboxylic acids is 1. The zero-order valence-corrected chi connectivity index (χ0v) is 11.3. The second-order valence-corrected chi connectivity index (χ2v) is 4.52. The summed E-state index contributed by atoms with van der Waals surface area (Å²) in [6, 6.07) is 5.15. The molecule has 0 fully saturated rings. The predicted molar refractivity (Wildman–Crippen MR) is 71.5 cm³/mol. The van der Waals surface area contributed by atoms with Crippen LogP contribution in [0.4, 0.5) is 0 Å².